The van der Waals surface area contributed by atoms with Crippen LogP contribution in [0.15, 0.2) is 6.07 Å². The van der Waals surface area contributed by atoms with Crippen molar-refractivity contribution in [2.24, 2.45) is 5.73 Å². The number of nitrogens with one attached hydrogen (secondary N) is 1. The van der Waals surface area contributed by atoms with Crippen LogP contribution in [0.5, 0.6) is 0 Å². The molecule has 1 aromatic rings. The summed E-state index contributed by atoms with van der Waals surface area (Å²) in [5.74, 6) is 0.292. The first-order valence-electron chi connectivity index (χ1n) is 5.45. The number of anilines is 2. The third-order valence-corrected chi connectivity index (χ3v) is 2.03. The number of aliphatic hydroxyl groups is 1. The highest BCUT2D eigenvalue weighted by molar-refractivity contribution is 5.79. The van der Waals surface area contributed by atoms with Gasteiger partial charge in [0.05, 0.1) is 6.54 Å². The van der Waals surface area contributed by atoms with Crippen molar-refractivity contribution in [1.82, 2.24) is 9.97 Å². The third-order valence-electron chi connectivity index (χ3n) is 2.03. The monoisotopic (exact) mass is 255 g/mol. The zero-order valence-electron chi connectivity index (χ0n) is 10.1. The lowest BCUT2D eigenvalue weighted by Crippen LogP contribution is -2.34. The Bertz CT molecular complexity index is 412. The minimum Gasteiger partial charge on any atom is -0.384 e. The van der Waals surface area contributed by atoms with Crippen molar-refractivity contribution in [3.63, 3.8) is 0 Å². The fraction of sp³-hybridized carbons (Fsp3) is 0.500. The van der Waals surface area contributed by atoms with E-state index in [1.807, 2.05) is 6.92 Å². The van der Waals surface area contributed by atoms with E-state index in [1.165, 1.54) is 6.07 Å². The largest absolute Gasteiger partial charge is 0.384 e. The topological polar surface area (TPSA) is 136 Å². The van der Waals surface area contributed by atoms with Crippen LogP contribution >= 0.6 is 0 Å². The van der Waals surface area contributed by atoms with Crippen molar-refractivity contribution in [2.45, 2.75) is 19.6 Å². The molecule has 0 aliphatic rings. The lowest BCUT2D eigenvalue weighted by Gasteiger charge is -2.10. The predicted molar refractivity (Wildman–Crippen MR) is 65.5 cm³/mol. The highest BCUT2D eigenvalue weighted by atomic mass is 16.5. The molecule has 1 aromatic heterocycles. The van der Waals surface area contributed by atoms with Crippen LogP contribution in [0.1, 0.15) is 12.7 Å². The Kier molecular flexibility index (Phi) is 5.28. The van der Waals surface area contributed by atoms with Crippen LogP contribution in [-0.4, -0.2) is 40.2 Å². The molecular weight excluding hydrogens is 238 g/mol. The number of primary amides is 1. The fourth-order valence-corrected chi connectivity index (χ4v) is 1.17. The minimum atomic E-state index is -1.28. The molecule has 1 rings (SSSR count). The quantitative estimate of drug-likeness (QED) is 0.483. The molecule has 1 amide bonds. The SMILES string of the molecule is CCOCc1nc(N)cc(NCC(O)C(N)=O)n1. The molecule has 0 bridgehead atoms. The molecule has 8 nitrogen and oxygen atoms in total. The van der Waals surface area contributed by atoms with Gasteiger partial charge in [0.15, 0.2) is 5.82 Å². The third kappa shape index (κ3) is 4.52. The van der Waals surface area contributed by atoms with Crippen molar-refractivity contribution in [3.05, 3.63) is 11.9 Å². The molecule has 1 unspecified atom stereocenters. The zero-order chi connectivity index (χ0) is 13.5. The average Bonchev–Trinajstić information content (AvgIpc) is 2.32. The van der Waals surface area contributed by atoms with Crippen LogP contribution in [0.3, 0.4) is 0 Å². The number of carbonyl (C=O) groups is 1. The summed E-state index contributed by atoms with van der Waals surface area (Å²) in [7, 11) is 0. The number of carbonyl (C=O) groups excluding carboxylic acids is 1. The Morgan fingerprint density at radius 1 is 1.61 bits per heavy atom. The summed E-state index contributed by atoms with van der Waals surface area (Å²) in [5.41, 5.74) is 10.5. The summed E-state index contributed by atoms with van der Waals surface area (Å²) < 4.78 is 5.16. The fourth-order valence-electron chi connectivity index (χ4n) is 1.17. The Morgan fingerprint density at radius 2 is 2.33 bits per heavy atom. The molecule has 0 saturated carbocycles. The Hall–Kier alpha value is -1.93. The van der Waals surface area contributed by atoms with Gasteiger partial charge >= 0.3 is 0 Å². The molecule has 0 spiro atoms. The van der Waals surface area contributed by atoms with E-state index < -0.39 is 12.0 Å². The Labute approximate surface area is 104 Å². The second-order valence-corrected chi connectivity index (χ2v) is 3.53. The van der Waals surface area contributed by atoms with Crippen molar-refractivity contribution in [3.8, 4) is 0 Å². The van der Waals surface area contributed by atoms with Gasteiger partial charge in [-0.1, -0.05) is 0 Å². The molecule has 6 N–H and O–H groups in total. The number of nitrogens with two attached hydrogens (primary N) is 2. The van der Waals surface area contributed by atoms with Gasteiger partial charge in [-0.05, 0) is 6.92 Å². The second-order valence-electron chi connectivity index (χ2n) is 3.53. The van der Waals surface area contributed by atoms with Gasteiger partial charge in [0.25, 0.3) is 0 Å². The van der Waals surface area contributed by atoms with Crippen molar-refractivity contribution < 1.29 is 14.6 Å². The van der Waals surface area contributed by atoms with Crippen LogP contribution in [0, 0.1) is 0 Å². The maximum Gasteiger partial charge on any atom is 0.248 e. The maximum absolute atomic E-state index is 10.7. The number of ether oxygens (including phenoxy) is 1. The molecule has 18 heavy (non-hydrogen) atoms. The summed E-state index contributed by atoms with van der Waals surface area (Å²) in [6.07, 6.45) is -1.28. The maximum atomic E-state index is 10.7. The molecule has 0 fully saturated rings. The first kappa shape index (κ1) is 14.1. The van der Waals surface area contributed by atoms with Gasteiger partial charge in [-0.3, -0.25) is 4.79 Å². The number of aromatic nitrogens is 2. The summed E-state index contributed by atoms with van der Waals surface area (Å²) in [6, 6.07) is 1.49. The molecular formula is C10H17N5O3. The van der Waals surface area contributed by atoms with Crippen LogP contribution in [0.25, 0.3) is 0 Å². The minimum absolute atomic E-state index is 0.0418. The molecule has 0 radical (unpaired) electrons. The van der Waals surface area contributed by atoms with E-state index >= 15 is 0 Å². The van der Waals surface area contributed by atoms with Crippen molar-refractivity contribution in [2.75, 3.05) is 24.2 Å². The van der Waals surface area contributed by atoms with Crippen molar-refractivity contribution >= 4 is 17.5 Å². The van der Waals surface area contributed by atoms with Crippen LogP contribution in [0.2, 0.25) is 0 Å². The standard InChI is InChI=1S/C10H17N5O3/c1-2-18-5-9-14-7(11)3-8(15-9)13-4-6(16)10(12)17/h3,6,16H,2,4-5H2,1H3,(H2,12,17)(H3,11,13,14,15). The van der Waals surface area contributed by atoms with E-state index in [0.29, 0.717) is 18.2 Å². The first-order chi connectivity index (χ1) is 8.52. The molecule has 0 saturated heterocycles. The van der Waals surface area contributed by atoms with Crippen LogP contribution in [-0.2, 0) is 16.1 Å². The zero-order valence-corrected chi connectivity index (χ0v) is 10.1. The highest BCUT2D eigenvalue weighted by Gasteiger charge is 2.11. The van der Waals surface area contributed by atoms with Gasteiger partial charge in [0, 0.05) is 12.7 Å². The molecule has 1 heterocycles. The molecule has 1 atom stereocenters. The first-order valence-corrected chi connectivity index (χ1v) is 5.45. The van der Waals surface area contributed by atoms with Gasteiger partial charge in [0.1, 0.15) is 24.3 Å². The van der Waals surface area contributed by atoms with Gasteiger partial charge in [-0.15, -0.1) is 0 Å². The lowest BCUT2D eigenvalue weighted by molar-refractivity contribution is -0.125. The highest BCUT2D eigenvalue weighted by Crippen LogP contribution is 2.09. The van der Waals surface area contributed by atoms with E-state index in [1.54, 1.807) is 0 Å². The molecule has 0 aliphatic carbocycles. The van der Waals surface area contributed by atoms with E-state index in [2.05, 4.69) is 15.3 Å². The Balaban J connectivity index is 2.64. The molecule has 8 heteroatoms. The summed E-state index contributed by atoms with van der Waals surface area (Å²) in [4.78, 5) is 18.7. The van der Waals surface area contributed by atoms with E-state index in [4.69, 9.17) is 16.2 Å². The number of amides is 1. The lowest BCUT2D eigenvalue weighted by atomic mass is 10.3. The molecule has 100 valence electrons. The molecule has 0 aromatic carbocycles. The normalized spacial score (nSPS) is 12.1. The van der Waals surface area contributed by atoms with E-state index in [9.17, 15) is 9.90 Å². The number of nitrogens with zero attached hydrogens (tertiary/aromatic N) is 2. The smallest absolute Gasteiger partial charge is 0.248 e. The van der Waals surface area contributed by atoms with Gasteiger partial charge in [-0.25, -0.2) is 9.97 Å². The van der Waals surface area contributed by atoms with Gasteiger partial charge in [-0.2, -0.15) is 0 Å². The number of rotatable bonds is 7. The Morgan fingerprint density at radius 3 is 2.94 bits per heavy atom. The number of hydrogen-bond donors (Lipinski definition) is 4. The average molecular weight is 255 g/mol. The number of hydrogen-bond acceptors (Lipinski definition) is 7. The number of nitrogen functional groups attached to an aromatic ring is 1. The predicted octanol–water partition coefficient (Wildman–Crippen LogP) is -1.15. The van der Waals surface area contributed by atoms with E-state index in [-0.39, 0.29) is 19.0 Å². The summed E-state index contributed by atoms with van der Waals surface area (Å²) >= 11 is 0. The summed E-state index contributed by atoms with van der Waals surface area (Å²) in [5, 5.41) is 12.0. The van der Waals surface area contributed by atoms with Crippen LogP contribution < -0.4 is 16.8 Å². The van der Waals surface area contributed by atoms with Gasteiger partial charge in [0.2, 0.25) is 5.91 Å². The number of aliphatic hydroxyl groups excluding tert-OH is 1. The van der Waals surface area contributed by atoms with Gasteiger partial charge < -0.3 is 26.6 Å². The second kappa shape index (κ2) is 6.72. The van der Waals surface area contributed by atoms with E-state index in [0.717, 1.165) is 0 Å². The van der Waals surface area contributed by atoms with Crippen molar-refractivity contribution in [1.29, 1.82) is 0 Å². The summed E-state index contributed by atoms with van der Waals surface area (Å²) in [6.45, 7) is 2.60. The molecule has 0 aliphatic heterocycles. The van der Waals surface area contributed by atoms with Crippen LogP contribution in [0.4, 0.5) is 11.6 Å².